The maximum Gasteiger partial charge on any atom is 0.338 e. The van der Waals surface area contributed by atoms with E-state index in [4.69, 9.17) is 18.9 Å². The predicted octanol–water partition coefficient (Wildman–Crippen LogP) is 4.43. The number of hydrogen-bond donors (Lipinski definition) is 0. The second-order valence-corrected chi connectivity index (χ2v) is 9.29. The van der Waals surface area contributed by atoms with Gasteiger partial charge in [0, 0.05) is 20.8 Å². The molecule has 0 heterocycles. The van der Waals surface area contributed by atoms with Crippen LogP contribution in [0.2, 0.25) is 0 Å². The van der Waals surface area contributed by atoms with Gasteiger partial charge in [0.25, 0.3) is 0 Å². The molecule has 0 amide bonds. The van der Waals surface area contributed by atoms with E-state index in [1.54, 1.807) is 24.3 Å². The normalized spacial score (nSPS) is 17.5. The van der Waals surface area contributed by atoms with Crippen LogP contribution in [0.5, 0.6) is 0 Å². The van der Waals surface area contributed by atoms with Crippen molar-refractivity contribution in [2.75, 3.05) is 28.4 Å². The Kier molecular flexibility index (Phi) is 6.39. The van der Waals surface area contributed by atoms with Gasteiger partial charge in [0.2, 0.25) is 0 Å². The first kappa shape index (κ1) is 24.2. The molecule has 2 bridgehead atoms. The van der Waals surface area contributed by atoms with Gasteiger partial charge in [0.15, 0.2) is 0 Å². The lowest BCUT2D eigenvalue weighted by Crippen LogP contribution is -2.28. The van der Waals surface area contributed by atoms with Crippen molar-refractivity contribution in [3.8, 4) is 0 Å². The van der Waals surface area contributed by atoms with Crippen LogP contribution in [-0.2, 0) is 18.9 Å². The second kappa shape index (κ2) is 8.99. The van der Waals surface area contributed by atoms with E-state index in [1.165, 1.54) is 28.4 Å². The van der Waals surface area contributed by atoms with Crippen LogP contribution in [0.3, 0.4) is 0 Å². The number of carbonyl (C=O) groups excluding carboxylic acids is 4. The van der Waals surface area contributed by atoms with Gasteiger partial charge in [-0.15, -0.1) is 0 Å². The highest BCUT2D eigenvalue weighted by Crippen LogP contribution is 2.59. The molecule has 0 aromatic heterocycles. The summed E-state index contributed by atoms with van der Waals surface area (Å²) in [6, 6.07) is 6.45. The van der Waals surface area contributed by atoms with Gasteiger partial charge in [0.05, 0.1) is 50.7 Å². The topological polar surface area (TPSA) is 105 Å². The first-order valence-electron chi connectivity index (χ1n) is 9.94. The van der Waals surface area contributed by atoms with E-state index in [0.717, 1.165) is 31.2 Å². The molecule has 2 aromatic carbocycles. The highest BCUT2D eigenvalue weighted by Gasteiger charge is 2.44. The summed E-state index contributed by atoms with van der Waals surface area (Å²) in [6.07, 6.45) is 0. The third-order valence-corrected chi connectivity index (χ3v) is 8.35. The highest BCUT2D eigenvalue weighted by atomic mass is 79.9. The molecule has 3 aliphatic rings. The molecule has 0 radical (unpaired) electrons. The number of rotatable bonds is 4. The van der Waals surface area contributed by atoms with Crippen molar-refractivity contribution >= 4 is 55.7 Å². The molecule has 34 heavy (non-hydrogen) atoms. The summed E-state index contributed by atoms with van der Waals surface area (Å²) in [6.45, 7) is 0. The molecule has 0 aliphatic heterocycles. The smallest absolute Gasteiger partial charge is 0.338 e. The third-order valence-electron chi connectivity index (χ3n) is 6.05. The van der Waals surface area contributed by atoms with Crippen molar-refractivity contribution in [1.29, 1.82) is 0 Å². The molecule has 0 atom stereocenters. The standard InChI is InChI=1S/C24H18Br2O8/c1-31-21(27)13-5-9-10(6-14(13)22(28)32-2)18-12-8-16(24(30)34-4)15(23(29)33-3)7-11(12)17(9)19(25)20(18)26/h5-8,17-18H,1-4H3. The van der Waals surface area contributed by atoms with Crippen LogP contribution in [0.25, 0.3) is 0 Å². The van der Waals surface area contributed by atoms with E-state index in [0.29, 0.717) is 0 Å². The van der Waals surface area contributed by atoms with Gasteiger partial charge in [-0.3, -0.25) is 0 Å². The number of hydrogen-bond acceptors (Lipinski definition) is 8. The predicted molar refractivity (Wildman–Crippen MR) is 127 cm³/mol. The average Bonchev–Trinajstić information content (AvgIpc) is 2.86. The number of ether oxygens (including phenoxy) is 4. The van der Waals surface area contributed by atoms with Crippen LogP contribution in [0, 0.1) is 0 Å². The highest BCUT2D eigenvalue weighted by molar-refractivity contribution is 9.14. The molecule has 0 saturated heterocycles. The van der Waals surface area contributed by atoms with E-state index in [1.807, 2.05) is 0 Å². The third kappa shape index (κ3) is 3.47. The Bertz CT molecular complexity index is 1130. The van der Waals surface area contributed by atoms with Crippen molar-refractivity contribution < 1.29 is 38.1 Å². The van der Waals surface area contributed by atoms with Crippen molar-refractivity contribution in [3.05, 3.63) is 77.7 Å². The SMILES string of the molecule is COC(=O)c1cc2c(cc1C(=O)OC)C1C(Br)=C(Br)C2c2cc(C(=O)OC)c(C(=O)OC)cc21. The molecule has 8 nitrogen and oxygen atoms in total. The zero-order valence-electron chi connectivity index (χ0n) is 18.5. The minimum atomic E-state index is -0.680. The lowest BCUT2D eigenvalue weighted by atomic mass is 9.66. The van der Waals surface area contributed by atoms with E-state index >= 15 is 0 Å². The van der Waals surface area contributed by atoms with Crippen LogP contribution >= 0.6 is 31.9 Å². The number of carbonyl (C=O) groups is 4. The van der Waals surface area contributed by atoms with Gasteiger partial charge < -0.3 is 18.9 Å². The van der Waals surface area contributed by atoms with E-state index in [9.17, 15) is 19.2 Å². The number of halogens is 2. The largest absolute Gasteiger partial charge is 0.465 e. The summed E-state index contributed by atoms with van der Waals surface area (Å²) in [7, 11) is 4.92. The maximum atomic E-state index is 12.5. The van der Waals surface area contributed by atoms with Crippen molar-refractivity contribution in [3.63, 3.8) is 0 Å². The van der Waals surface area contributed by atoms with Gasteiger partial charge in [-0.1, -0.05) is 31.9 Å². The maximum absolute atomic E-state index is 12.5. The monoisotopic (exact) mass is 592 g/mol. The second-order valence-electron chi connectivity index (χ2n) is 7.58. The van der Waals surface area contributed by atoms with Crippen LogP contribution in [0.1, 0.15) is 75.5 Å². The minimum Gasteiger partial charge on any atom is -0.465 e. The molecule has 10 heteroatoms. The Hall–Kier alpha value is -2.98. The van der Waals surface area contributed by atoms with Crippen molar-refractivity contribution in [1.82, 2.24) is 0 Å². The molecule has 5 rings (SSSR count). The molecule has 2 aromatic rings. The molecule has 0 saturated carbocycles. The Morgan fingerprint density at radius 1 is 0.529 bits per heavy atom. The van der Waals surface area contributed by atoms with Crippen LogP contribution in [-0.4, -0.2) is 52.3 Å². The molecule has 0 fully saturated rings. The summed E-state index contributed by atoms with van der Waals surface area (Å²) in [5.41, 5.74) is 3.28. The van der Waals surface area contributed by atoms with Crippen LogP contribution in [0.4, 0.5) is 0 Å². The molecule has 3 aliphatic carbocycles. The number of methoxy groups -OCH3 is 4. The molecular formula is C24H18Br2O8. The van der Waals surface area contributed by atoms with Gasteiger partial charge in [0.1, 0.15) is 0 Å². The molecule has 0 spiro atoms. The van der Waals surface area contributed by atoms with Crippen molar-refractivity contribution in [2.24, 2.45) is 0 Å². The quantitative estimate of drug-likeness (QED) is 0.379. The number of esters is 4. The Morgan fingerprint density at radius 3 is 0.912 bits per heavy atom. The molecular weight excluding hydrogens is 576 g/mol. The Labute approximate surface area is 211 Å². The van der Waals surface area contributed by atoms with E-state index in [-0.39, 0.29) is 22.3 Å². The number of allylic oxidation sites excluding steroid dienone is 2. The van der Waals surface area contributed by atoms with Gasteiger partial charge >= 0.3 is 23.9 Å². The van der Waals surface area contributed by atoms with Gasteiger partial charge in [-0.25, -0.2) is 19.2 Å². The molecule has 176 valence electrons. The first-order valence-corrected chi connectivity index (χ1v) is 11.5. The fraction of sp³-hybridized carbons (Fsp3) is 0.250. The Morgan fingerprint density at radius 2 is 0.735 bits per heavy atom. The fourth-order valence-corrected chi connectivity index (χ4v) is 5.98. The zero-order chi connectivity index (χ0) is 24.9. The average molecular weight is 594 g/mol. The number of benzene rings is 2. The summed E-state index contributed by atoms with van der Waals surface area (Å²) in [4.78, 5) is 50.0. The van der Waals surface area contributed by atoms with E-state index < -0.39 is 35.7 Å². The van der Waals surface area contributed by atoms with Gasteiger partial charge in [-0.2, -0.15) is 0 Å². The lowest BCUT2D eigenvalue weighted by Gasteiger charge is -2.41. The van der Waals surface area contributed by atoms with Gasteiger partial charge in [-0.05, 0) is 46.5 Å². The zero-order valence-corrected chi connectivity index (χ0v) is 21.7. The van der Waals surface area contributed by atoms with E-state index in [2.05, 4.69) is 31.9 Å². The van der Waals surface area contributed by atoms with Crippen LogP contribution in [0.15, 0.2) is 33.2 Å². The summed E-state index contributed by atoms with van der Waals surface area (Å²) in [5, 5.41) is 0. The van der Waals surface area contributed by atoms with Crippen molar-refractivity contribution in [2.45, 2.75) is 11.8 Å². The summed E-state index contributed by atoms with van der Waals surface area (Å²) < 4.78 is 21.1. The minimum absolute atomic E-state index is 0.0676. The molecule has 0 N–H and O–H groups in total. The molecule has 0 unspecified atom stereocenters. The Balaban J connectivity index is 2.04. The fourth-order valence-electron chi connectivity index (χ4n) is 4.54. The first-order chi connectivity index (χ1) is 16.2. The lowest BCUT2D eigenvalue weighted by molar-refractivity contribution is 0.0554. The summed E-state index contributed by atoms with van der Waals surface area (Å²) in [5.74, 6) is -3.56. The van der Waals surface area contributed by atoms with Crippen LogP contribution < -0.4 is 0 Å². The summed E-state index contributed by atoms with van der Waals surface area (Å²) >= 11 is 7.29.